The Hall–Kier alpha value is -3.00. The Bertz CT molecular complexity index is 886. The minimum Gasteiger partial charge on any atom is -0.496 e. The number of aromatic nitrogens is 2. The van der Waals surface area contributed by atoms with Gasteiger partial charge in [0, 0.05) is 6.54 Å². The van der Waals surface area contributed by atoms with Crippen molar-refractivity contribution < 1.29 is 9.47 Å². The van der Waals surface area contributed by atoms with Crippen LogP contribution in [0.1, 0.15) is 6.92 Å². The van der Waals surface area contributed by atoms with Crippen molar-refractivity contribution in [1.82, 2.24) is 9.55 Å². The summed E-state index contributed by atoms with van der Waals surface area (Å²) in [5.41, 5.74) is 2.66. The van der Waals surface area contributed by atoms with Crippen molar-refractivity contribution in [2.24, 2.45) is 5.92 Å². The van der Waals surface area contributed by atoms with Crippen LogP contribution in [0, 0.1) is 17.2 Å². The quantitative estimate of drug-likeness (QED) is 0.715. The number of nitrogens with zero attached hydrogens (tertiary/aromatic N) is 3. The maximum atomic E-state index is 9.24. The first-order valence-corrected chi connectivity index (χ1v) is 7.75. The molecule has 0 aliphatic heterocycles. The first-order valence-electron chi connectivity index (χ1n) is 7.75. The number of fused-ring (bicyclic) bond motifs is 1. The Kier molecular flexibility index (Phi) is 4.39. The summed E-state index contributed by atoms with van der Waals surface area (Å²) >= 11 is 0. The standard InChI is InChI=1S/C19H19N3O2/c1-13(11-20)12-22-15-8-5-4-7-14(15)21-19(22)18-16(23-2)9-6-10-17(18)24-3/h4-10,13H,12H2,1-3H3. The molecule has 122 valence electrons. The normalized spacial score (nSPS) is 11.9. The second-order valence-electron chi connectivity index (χ2n) is 5.60. The highest BCUT2D eigenvalue weighted by Gasteiger charge is 2.21. The fourth-order valence-corrected chi connectivity index (χ4v) is 2.84. The van der Waals surface area contributed by atoms with Crippen LogP contribution in [0.25, 0.3) is 22.4 Å². The highest BCUT2D eigenvalue weighted by atomic mass is 16.5. The van der Waals surface area contributed by atoms with Crippen LogP contribution in [0.15, 0.2) is 42.5 Å². The summed E-state index contributed by atoms with van der Waals surface area (Å²) in [6.45, 7) is 2.45. The molecule has 2 aromatic carbocycles. The molecule has 0 saturated carbocycles. The Balaban J connectivity index is 2.31. The lowest BCUT2D eigenvalue weighted by Crippen LogP contribution is -2.08. The second kappa shape index (κ2) is 6.63. The number of rotatable bonds is 5. The molecule has 5 nitrogen and oxygen atoms in total. The molecular formula is C19H19N3O2. The van der Waals surface area contributed by atoms with E-state index in [4.69, 9.17) is 14.5 Å². The van der Waals surface area contributed by atoms with Crippen LogP contribution in [0.4, 0.5) is 0 Å². The predicted octanol–water partition coefficient (Wildman–Crippen LogP) is 3.88. The predicted molar refractivity (Wildman–Crippen MR) is 93.1 cm³/mol. The van der Waals surface area contributed by atoms with Crippen LogP contribution in [-0.4, -0.2) is 23.8 Å². The molecule has 0 fully saturated rings. The Morgan fingerprint density at radius 1 is 1.08 bits per heavy atom. The fraction of sp³-hybridized carbons (Fsp3) is 0.263. The third-order valence-electron chi connectivity index (χ3n) is 3.98. The van der Waals surface area contributed by atoms with Gasteiger partial charge in [-0.25, -0.2) is 4.98 Å². The molecule has 0 amide bonds. The molecule has 0 N–H and O–H groups in total. The van der Waals surface area contributed by atoms with Gasteiger partial charge in [-0.1, -0.05) is 18.2 Å². The fourth-order valence-electron chi connectivity index (χ4n) is 2.84. The van der Waals surface area contributed by atoms with E-state index in [-0.39, 0.29) is 5.92 Å². The average molecular weight is 321 g/mol. The van der Waals surface area contributed by atoms with E-state index in [1.165, 1.54) is 0 Å². The van der Waals surface area contributed by atoms with Crippen molar-refractivity contribution in [2.75, 3.05) is 14.2 Å². The van der Waals surface area contributed by atoms with Crippen molar-refractivity contribution in [3.8, 4) is 29.0 Å². The van der Waals surface area contributed by atoms with Gasteiger partial charge in [0.25, 0.3) is 0 Å². The van der Waals surface area contributed by atoms with E-state index in [0.717, 1.165) is 22.4 Å². The number of imidazole rings is 1. The molecule has 0 aliphatic rings. The lowest BCUT2D eigenvalue weighted by Gasteiger charge is -2.15. The third-order valence-corrected chi connectivity index (χ3v) is 3.98. The van der Waals surface area contributed by atoms with Gasteiger partial charge in [-0.15, -0.1) is 0 Å². The molecule has 0 radical (unpaired) electrons. The summed E-state index contributed by atoms with van der Waals surface area (Å²) in [5.74, 6) is 1.99. The van der Waals surface area contributed by atoms with Crippen LogP contribution in [0.2, 0.25) is 0 Å². The van der Waals surface area contributed by atoms with E-state index >= 15 is 0 Å². The van der Waals surface area contributed by atoms with Crippen molar-refractivity contribution in [2.45, 2.75) is 13.5 Å². The Morgan fingerprint density at radius 2 is 1.75 bits per heavy atom. The third kappa shape index (κ3) is 2.67. The topological polar surface area (TPSA) is 60.1 Å². The van der Waals surface area contributed by atoms with Crippen molar-refractivity contribution in [3.05, 3.63) is 42.5 Å². The molecule has 0 aliphatic carbocycles. The highest BCUT2D eigenvalue weighted by Crippen LogP contribution is 2.39. The van der Waals surface area contributed by atoms with E-state index in [9.17, 15) is 5.26 Å². The number of ether oxygens (including phenoxy) is 2. The number of methoxy groups -OCH3 is 2. The van der Waals surface area contributed by atoms with Crippen LogP contribution in [-0.2, 0) is 6.54 Å². The van der Waals surface area contributed by atoms with Gasteiger partial charge < -0.3 is 14.0 Å². The number of hydrogen-bond acceptors (Lipinski definition) is 4. The van der Waals surface area contributed by atoms with Gasteiger partial charge in [0.2, 0.25) is 0 Å². The van der Waals surface area contributed by atoms with Crippen LogP contribution in [0.3, 0.4) is 0 Å². The van der Waals surface area contributed by atoms with Crippen molar-refractivity contribution in [1.29, 1.82) is 5.26 Å². The summed E-state index contributed by atoms with van der Waals surface area (Å²) in [6.07, 6.45) is 0. The maximum Gasteiger partial charge on any atom is 0.148 e. The largest absolute Gasteiger partial charge is 0.496 e. The van der Waals surface area contributed by atoms with Gasteiger partial charge in [-0.05, 0) is 31.2 Å². The van der Waals surface area contributed by atoms with Gasteiger partial charge in [0.05, 0.1) is 37.2 Å². The SMILES string of the molecule is COc1cccc(OC)c1-c1nc2ccccc2n1CC(C)C#N. The molecule has 1 heterocycles. The first kappa shape index (κ1) is 15.9. The van der Waals surface area contributed by atoms with Gasteiger partial charge in [0.15, 0.2) is 0 Å². The molecule has 1 aromatic heterocycles. The molecule has 0 saturated heterocycles. The monoisotopic (exact) mass is 321 g/mol. The summed E-state index contributed by atoms with van der Waals surface area (Å²) in [7, 11) is 3.26. The first-order chi connectivity index (χ1) is 11.7. The molecule has 0 bridgehead atoms. The smallest absolute Gasteiger partial charge is 0.148 e. The van der Waals surface area contributed by atoms with Gasteiger partial charge in [-0.2, -0.15) is 5.26 Å². The van der Waals surface area contributed by atoms with Gasteiger partial charge >= 0.3 is 0 Å². The number of hydrogen-bond donors (Lipinski definition) is 0. The van der Waals surface area contributed by atoms with Crippen molar-refractivity contribution in [3.63, 3.8) is 0 Å². The lowest BCUT2D eigenvalue weighted by molar-refractivity contribution is 0.396. The van der Waals surface area contributed by atoms with E-state index in [2.05, 4.69) is 10.6 Å². The maximum absolute atomic E-state index is 9.24. The Morgan fingerprint density at radius 3 is 2.38 bits per heavy atom. The van der Waals surface area contributed by atoms with E-state index in [0.29, 0.717) is 18.0 Å². The van der Waals surface area contributed by atoms with Gasteiger partial charge in [-0.3, -0.25) is 0 Å². The summed E-state index contributed by atoms with van der Waals surface area (Å²) in [4.78, 5) is 4.78. The number of benzene rings is 2. The zero-order valence-electron chi connectivity index (χ0n) is 14.0. The molecule has 5 heteroatoms. The van der Waals surface area contributed by atoms with Crippen LogP contribution >= 0.6 is 0 Å². The van der Waals surface area contributed by atoms with Gasteiger partial charge in [0.1, 0.15) is 22.9 Å². The lowest BCUT2D eigenvalue weighted by atomic mass is 10.1. The molecule has 0 spiro atoms. The molecule has 24 heavy (non-hydrogen) atoms. The van der Waals surface area contributed by atoms with E-state index in [1.54, 1.807) is 14.2 Å². The molecule has 3 aromatic rings. The minimum atomic E-state index is -0.137. The summed E-state index contributed by atoms with van der Waals surface area (Å²) < 4.78 is 13.1. The number of nitriles is 1. The van der Waals surface area contributed by atoms with E-state index < -0.39 is 0 Å². The second-order valence-corrected chi connectivity index (χ2v) is 5.60. The Labute approximate surface area is 141 Å². The van der Waals surface area contributed by atoms with E-state index in [1.807, 2.05) is 49.4 Å². The number of para-hydroxylation sites is 2. The molecule has 1 atom stereocenters. The zero-order chi connectivity index (χ0) is 17.1. The molecular weight excluding hydrogens is 302 g/mol. The molecule has 3 rings (SSSR count). The minimum absolute atomic E-state index is 0.137. The van der Waals surface area contributed by atoms with Crippen LogP contribution < -0.4 is 9.47 Å². The van der Waals surface area contributed by atoms with Crippen LogP contribution in [0.5, 0.6) is 11.5 Å². The van der Waals surface area contributed by atoms with Crippen molar-refractivity contribution >= 4 is 11.0 Å². The zero-order valence-corrected chi connectivity index (χ0v) is 14.0. The summed E-state index contributed by atoms with van der Waals surface area (Å²) in [5, 5.41) is 9.24. The average Bonchev–Trinajstić information content (AvgIpc) is 2.98. The highest BCUT2D eigenvalue weighted by molar-refractivity contribution is 5.84. The molecule has 1 unspecified atom stereocenters. The summed E-state index contributed by atoms with van der Waals surface area (Å²) in [6, 6.07) is 15.8.